The third-order valence-electron chi connectivity index (χ3n) is 4.08. The van der Waals surface area contributed by atoms with Gasteiger partial charge in [-0.3, -0.25) is 0 Å². The maximum absolute atomic E-state index is 6.06. The van der Waals surface area contributed by atoms with Crippen LogP contribution in [0.15, 0.2) is 48.5 Å². The summed E-state index contributed by atoms with van der Waals surface area (Å²) in [7, 11) is 0. The molecule has 0 radical (unpaired) electrons. The van der Waals surface area contributed by atoms with Crippen molar-refractivity contribution in [3.8, 4) is 0 Å². The van der Waals surface area contributed by atoms with Gasteiger partial charge < -0.3 is 5.32 Å². The van der Waals surface area contributed by atoms with E-state index in [0.717, 1.165) is 34.6 Å². The zero-order valence-corrected chi connectivity index (χ0v) is 13.2. The number of para-hydroxylation sites is 1. The van der Waals surface area contributed by atoms with E-state index < -0.39 is 0 Å². The van der Waals surface area contributed by atoms with Gasteiger partial charge in [0.2, 0.25) is 5.28 Å². The van der Waals surface area contributed by atoms with Crippen LogP contribution in [0.3, 0.4) is 0 Å². The number of nitrogens with one attached hydrogen (secondary N) is 1. The van der Waals surface area contributed by atoms with E-state index in [4.69, 9.17) is 23.2 Å². The van der Waals surface area contributed by atoms with Crippen LogP contribution in [0.5, 0.6) is 0 Å². The monoisotopic (exact) mass is 329 g/mol. The summed E-state index contributed by atoms with van der Waals surface area (Å²) in [5.74, 6) is 0.781. The fourth-order valence-electron chi connectivity index (χ4n) is 2.75. The quantitative estimate of drug-likeness (QED) is 0.684. The number of rotatable bonds is 3. The Kier molecular flexibility index (Phi) is 3.21. The second kappa shape index (κ2) is 5.11. The van der Waals surface area contributed by atoms with Crippen LogP contribution in [0, 0.1) is 0 Å². The molecule has 0 atom stereocenters. The van der Waals surface area contributed by atoms with Gasteiger partial charge in [-0.1, -0.05) is 35.9 Å². The first-order chi connectivity index (χ1) is 10.7. The molecule has 1 aliphatic rings. The van der Waals surface area contributed by atoms with Crippen molar-refractivity contribution in [2.24, 2.45) is 0 Å². The largest absolute Gasteiger partial charge is 0.360 e. The summed E-state index contributed by atoms with van der Waals surface area (Å²) in [5.41, 5.74) is 1.98. The Bertz CT molecular complexity index is 842. The fourth-order valence-corrected chi connectivity index (χ4v) is 3.05. The number of anilines is 1. The lowest BCUT2D eigenvalue weighted by atomic mass is 10.0. The van der Waals surface area contributed by atoms with Gasteiger partial charge in [0.05, 0.1) is 11.1 Å². The van der Waals surface area contributed by atoms with Crippen molar-refractivity contribution >= 4 is 39.9 Å². The Morgan fingerprint density at radius 3 is 2.36 bits per heavy atom. The molecular weight excluding hydrogens is 317 g/mol. The van der Waals surface area contributed by atoms with Gasteiger partial charge in [-0.25, -0.2) is 9.97 Å². The van der Waals surface area contributed by atoms with Crippen molar-refractivity contribution in [3.05, 3.63) is 64.4 Å². The van der Waals surface area contributed by atoms with Gasteiger partial charge in [-0.05, 0) is 54.3 Å². The van der Waals surface area contributed by atoms with E-state index in [2.05, 4.69) is 27.4 Å². The maximum Gasteiger partial charge on any atom is 0.224 e. The predicted molar refractivity (Wildman–Crippen MR) is 90.5 cm³/mol. The van der Waals surface area contributed by atoms with E-state index >= 15 is 0 Å². The van der Waals surface area contributed by atoms with Crippen molar-refractivity contribution in [2.75, 3.05) is 5.32 Å². The molecule has 1 N–H and O–H groups in total. The Hall–Kier alpha value is -1.84. The van der Waals surface area contributed by atoms with Crippen molar-refractivity contribution in [1.29, 1.82) is 0 Å². The van der Waals surface area contributed by atoms with Gasteiger partial charge in [0, 0.05) is 10.4 Å². The van der Waals surface area contributed by atoms with Crippen LogP contribution in [-0.4, -0.2) is 9.97 Å². The molecule has 0 amide bonds. The number of halogens is 2. The maximum atomic E-state index is 6.06. The SMILES string of the molecule is Clc1ccc(C2(Nc3nc(Cl)nc4ccccc34)CC2)cc1. The fraction of sp³-hybridized carbons (Fsp3) is 0.176. The minimum atomic E-state index is -0.0783. The first-order valence-electron chi connectivity index (χ1n) is 7.13. The topological polar surface area (TPSA) is 37.8 Å². The minimum absolute atomic E-state index is 0.0783. The number of fused-ring (bicyclic) bond motifs is 1. The highest BCUT2D eigenvalue weighted by molar-refractivity contribution is 6.30. The van der Waals surface area contributed by atoms with Crippen LogP contribution in [0.25, 0.3) is 10.9 Å². The lowest BCUT2D eigenvalue weighted by Crippen LogP contribution is -2.19. The smallest absolute Gasteiger partial charge is 0.224 e. The second-order valence-corrected chi connectivity index (χ2v) is 6.35. The molecule has 0 unspecified atom stereocenters. The lowest BCUT2D eigenvalue weighted by molar-refractivity contribution is 0.802. The van der Waals surface area contributed by atoms with Crippen molar-refractivity contribution < 1.29 is 0 Å². The molecule has 3 nitrogen and oxygen atoms in total. The van der Waals surface area contributed by atoms with Crippen molar-refractivity contribution in [2.45, 2.75) is 18.4 Å². The number of aromatic nitrogens is 2. The third kappa shape index (κ3) is 2.40. The molecule has 3 aromatic rings. The first-order valence-corrected chi connectivity index (χ1v) is 7.88. The zero-order chi connectivity index (χ0) is 15.2. The Morgan fingerprint density at radius 1 is 0.909 bits per heavy atom. The summed E-state index contributed by atoms with van der Waals surface area (Å²) < 4.78 is 0. The summed E-state index contributed by atoms with van der Waals surface area (Å²) in [6, 6.07) is 15.8. The van der Waals surface area contributed by atoms with Gasteiger partial charge in [0.15, 0.2) is 0 Å². The van der Waals surface area contributed by atoms with E-state index in [1.807, 2.05) is 36.4 Å². The molecule has 0 saturated heterocycles. The number of benzene rings is 2. The van der Waals surface area contributed by atoms with Crippen LogP contribution >= 0.6 is 23.2 Å². The highest BCUT2D eigenvalue weighted by atomic mass is 35.5. The molecule has 110 valence electrons. The van der Waals surface area contributed by atoms with Gasteiger partial charge in [-0.15, -0.1) is 0 Å². The summed E-state index contributed by atoms with van der Waals surface area (Å²) >= 11 is 12.0. The molecule has 1 aliphatic carbocycles. The molecule has 1 aromatic heterocycles. The molecule has 22 heavy (non-hydrogen) atoms. The molecule has 1 saturated carbocycles. The highest BCUT2D eigenvalue weighted by Crippen LogP contribution is 2.48. The average Bonchev–Trinajstić information content (AvgIpc) is 3.28. The highest BCUT2D eigenvalue weighted by Gasteiger charge is 2.44. The van der Waals surface area contributed by atoms with E-state index in [0.29, 0.717) is 0 Å². The first kappa shape index (κ1) is 13.8. The van der Waals surface area contributed by atoms with Crippen LogP contribution in [0.4, 0.5) is 5.82 Å². The van der Waals surface area contributed by atoms with Crippen LogP contribution in [0.2, 0.25) is 10.3 Å². The molecule has 5 heteroatoms. The van der Waals surface area contributed by atoms with Gasteiger partial charge in [0.1, 0.15) is 5.82 Å². The Morgan fingerprint density at radius 2 is 1.64 bits per heavy atom. The van der Waals surface area contributed by atoms with Gasteiger partial charge in [-0.2, -0.15) is 0 Å². The standard InChI is InChI=1S/C17H13Cl2N3/c18-12-7-5-11(6-8-12)17(9-10-17)22-15-13-3-1-2-4-14(13)20-16(19)21-15/h1-8H,9-10H2,(H,20,21,22). The van der Waals surface area contributed by atoms with E-state index in [1.165, 1.54) is 5.56 Å². The summed E-state index contributed by atoms with van der Waals surface area (Å²) in [4.78, 5) is 8.65. The molecule has 4 rings (SSSR count). The van der Waals surface area contributed by atoms with Crippen LogP contribution in [-0.2, 0) is 5.54 Å². The van der Waals surface area contributed by atoms with E-state index in [9.17, 15) is 0 Å². The molecule has 0 aliphatic heterocycles. The normalized spacial score (nSPS) is 15.7. The molecule has 1 heterocycles. The van der Waals surface area contributed by atoms with Crippen molar-refractivity contribution in [3.63, 3.8) is 0 Å². The number of nitrogens with zero attached hydrogens (tertiary/aromatic N) is 2. The van der Waals surface area contributed by atoms with E-state index in [-0.39, 0.29) is 10.8 Å². The van der Waals surface area contributed by atoms with E-state index in [1.54, 1.807) is 0 Å². The molecule has 2 aromatic carbocycles. The zero-order valence-electron chi connectivity index (χ0n) is 11.7. The molecule has 0 spiro atoms. The summed E-state index contributed by atoms with van der Waals surface area (Å²) in [6.07, 6.45) is 2.12. The molecular formula is C17H13Cl2N3. The van der Waals surface area contributed by atoms with Crippen LogP contribution in [0.1, 0.15) is 18.4 Å². The second-order valence-electron chi connectivity index (χ2n) is 5.57. The predicted octanol–water partition coefficient (Wildman–Crippen LogP) is 5.04. The molecule has 1 fully saturated rings. The summed E-state index contributed by atoms with van der Waals surface area (Å²) in [5, 5.41) is 5.55. The Balaban J connectivity index is 1.76. The third-order valence-corrected chi connectivity index (χ3v) is 4.50. The summed E-state index contributed by atoms with van der Waals surface area (Å²) in [6.45, 7) is 0. The Labute approximate surface area is 138 Å². The van der Waals surface area contributed by atoms with Crippen LogP contribution < -0.4 is 5.32 Å². The minimum Gasteiger partial charge on any atom is -0.360 e. The van der Waals surface area contributed by atoms with Gasteiger partial charge in [0.25, 0.3) is 0 Å². The molecule has 0 bridgehead atoms. The number of hydrogen-bond acceptors (Lipinski definition) is 3. The van der Waals surface area contributed by atoms with Gasteiger partial charge >= 0.3 is 0 Å². The number of hydrogen-bond donors (Lipinski definition) is 1. The lowest BCUT2D eigenvalue weighted by Gasteiger charge is -2.20. The van der Waals surface area contributed by atoms with Crippen molar-refractivity contribution in [1.82, 2.24) is 9.97 Å². The average molecular weight is 330 g/mol.